The average Bonchev–Trinajstić information content (AvgIpc) is 3.52. The van der Waals surface area contributed by atoms with Gasteiger partial charge < -0.3 is 26.2 Å². The number of rotatable bonds is 5. The molecule has 0 aromatic heterocycles. The molecule has 6 N–H and O–H groups in total. The second-order valence-electron chi connectivity index (χ2n) is 13.2. The van der Waals surface area contributed by atoms with Gasteiger partial charge in [-0.05, 0) is 97.9 Å². The fourth-order valence-corrected chi connectivity index (χ4v) is 8.41. The number of phenolic OH excluding ortho intramolecular Hbond substituents is 1. The number of likely N-dealkylation sites (N-methyl/N-ethyl adjacent to an activating group) is 1. The molecule has 10 heteroatoms. The largest absolute Gasteiger partial charge is 0.508 e. The number of fused-ring (bicyclic) bond motifs is 4. The van der Waals surface area contributed by atoms with E-state index in [0.717, 1.165) is 41.5 Å². The first-order chi connectivity index (χ1) is 21.9. The lowest BCUT2D eigenvalue weighted by Gasteiger charge is -2.50. The van der Waals surface area contributed by atoms with Crippen LogP contribution >= 0.6 is 0 Å². The normalized spacial score (nSPS) is 26.5. The van der Waals surface area contributed by atoms with Gasteiger partial charge in [0.1, 0.15) is 22.8 Å². The molecular weight excluding hydrogens is 586 g/mol. The van der Waals surface area contributed by atoms with Crippen molar-refractivity contribution in [2.75, 3.05) is 27.2 Å². The lowest BCUT2D eigenvalue weighted by atomic mass is 9.57. The number of hydrogen-bond donors (Lipinski definition) is 5. The van der Waals surface area contributed by atoms with Crippen LogP contribution in [-0.2, 0) is 27.3 Å². The molecule has 46 heavy (non-hydrogen) atoms. The second kappa shape index (κ2) is 10.8. The molecule has 7 rings (SSSR count). The number of aromatic hydroxyl groups is 1. The summed E-state index contributed by atoms with van der Waals surface area (Å²) in [7, 11) is 3.17. The average molecular weight is 624 g/mol. The maximum absolute atomic E-state index is 14.2. The lowest BCUT2D eigenvalue weighted by molar-refractivity contribution is -0.153. The molecule has 3 aliphatic carbocycles. The van der Waals surface area contributed by atoms with Gasteiger partial charge in [-0.15, -0.1) is 0 Å². The first-order valence-electron chi connectivity index (χ1n) is 15.7. The van der Waals surface area contributed by atoms with Gasteiger partial charge in [0, 0.05) is 18.0 Å². The Balaban J connectivity index is 1.39. The van der Waals surface area contributed by atoms with Crippen molar-refractivity contribution in [3.63, 3.8) is 0 Å². The monoisotopic (exact) mass is 623 g/mol. The van der Waals surface area contributed by atoms with Crippen LogP contribution in [0.1, 0.15) is 36.0 Å². The van der Waals surface area contributed by atoms with Gasteiger partial charge in [-0.2, -0.15) is 0 Å². The molecule has 4 aliphatic rings. The van der Waals surface area contributed by atoms with E-state index in [1.54, 1.807) is 14.1 Å². The number of carbonyl (C=O) groups excluding carboxylic acids is 3. The van der Waals surface area contributed by atoms with E-state index >= 15 is 0 Å². The minimum atomic E-state index is -2.67. The van der Waals surface area contributed by atoms with Crippen molar-refractivity contribution >= 4 is 34.0 Å². The van der Waals surface area contributed by atoms with Crippen LogP contribution in [0.15, 0.2) is 65.4 Å². The van der Waals surface area contributed by atoms with Gasteiger partial charge in [-0.25, -0.2) is 0 Å². The van der Waals surface area contributed by atoms with E-state index in [1.807, 2.05) is 18.2 Å². The van der Waals surface area contributed by atoms with Crippen LogP contribution in [0.4, 0.5) is 0 Å². The number of amides is 1. The molecule has 1 heterocycles. The summed E-state index contributed by atoms with van der Waals surface area (Å²) in [6.07, 6.45) is 2.66. The van der Waals surface area contributed by atoms with Crippen LogP contribution in [0.5, 0.6) is 5.75 Å². The zero-order chi connectivity index (χ0) is 32.7. The summed E-state index contributed by atoms with van der Waals surface area (Å²) in [5, 5.41) is 47.9. The minimum absolute atomic E-state index is 0.0381. The smallest absolute Gasteiger partial charge is 0.255 e. The number of aliphatic hydroxyl groups excluding tert-OH is 2. The highest BCUT2D eigenvalue weighted by molar-refractivity contribution is 6.24. The molecule has 0 unspecified atom stereocenters. The highest BCUT2D eigenvalue weighted by Gasteiger charge is 2.64. The van der Waals surface area contributed by atoms with Crippen LogP contribution in [0.2, 0.25) is 0 Å². The Morgan fingerprint density at radius 2 is 1.65 bits per heavy atom. The van der Waals surface area contributed by atoms with Gasteiger partial charge in [0.25, 0.3) is 5.91 Å². The molecule has 238 valence electrons. The highest BCUT2D eigenvalue weighted by Crippen LogP contribution is 2.54. The number of aliphatic hydroxyl groups is 3. The first kappa shape index (κ1) is 30.2. The predicted molar refractivity (Wildman–Crippen MR) is 172 cm³/mol. The zero-order valence-electron chi connectivity index (χ0n) is 25.8. The van der Waals surface area contributed by atoms with E-state index in [-0.39, 0.29) is 29.7 Å². The summed E-state index contributed by atoms with van der Waals surface area (Å²) >= 11 is 0. The van der Waals surface area contributed by atoms with Crippen molar-refractivity contribution in [2.24, 2.45) is 17.6 Å². The molecule has 1 amide bonds. The van der Waals surface area contributed by atoms with Crippen LogP contribution in [0.25, 0.3) is 27.7 Å². The van der Waals surface area contributed by atoms with Crippen LogP contribution in [0, 0.1) is 11.8 Å². The molecule has 1 aliphatic heterocycles. The number of carbonyl (C=O) groups is 3. The highest BCUT2D eigenvalue weighted by atomic mass is 16.3. The Bertz CT molecular complexity index is 1900. The number of phenols is 1. The number of hydrogen-bond acceptors (Lipinski definition) is 9. The molecule has 0 bridgehead atoms. The van der Waals surface area contributed by atoms with E-state index in [1.165, 1.54) is 29.4 Å². The maximum atomic E-state index is 14.2. The van der Waals surface area contributed by atoms with E-state index in [0.29, 0.717) is 5.56 Å². The van der Waals surface area contributed by atoms with Crippen LogP contribution in [-0.4, -0.2) is 86.5 Å². The quantitative estimate of drug-likeness (QED) is 0.268. The first-order valence-corrected chi connectivity index (χ1v) is 15.7. The summed E-state index contributed by atoms with van der Waals surface area (Å²) < 4.78 is 0. The van der Waals surface area contributed by atoms with E-state index in [4.69, 9.17) is 5.73 Å². The fourth-order valence-electron chi connectivity index (χ4n) is 8.41. The van der Waals surface area contributed by atoms with Crippen molar-refractivity contribution in [1.82, 2.24) is 9.80 Å². The molecule has 10 nitrogen and oxygen atoms in total. The Labute approximate surface area is 266 Å². The molecule has 0 spiro atoms. The summed E-state index contributed by atoms with van der Waals surface area (Å²) in [5.74, 6) is -6.65. The fraction of sp³-hybridized carbons (Fsp3) is 0.361. The molecule has 2 fully saturated rings. The molecule has 3 aromatic rings. The third kappa shape index (κ3) is 4.24. The van der Waals surface area contributed by atoms with Gasteiger partial charge in [-0.3, -0.25) is 24.2 Å². The lowest BCUT2D eigenvalue weighted by Crippen LogP contribution is -2.65. The minimum Gasteiger partial charge on any atom is -0.508 e. The van der Waals surface area contributed by atoms with Crippen molar-refractivity contribution in [3.8, 4) is 16.9 Å². The number of primary amides is 1. The third-order valence-electron chi connectivity index (χ3n) is 10.5. The van der Waals surface area contributed by atoms with Crippen molar-refractivity contribution in [2.45, 2.75) is 43.9 Å². The zero-order valence-corrected chi connectivity index (χ0v) is 25.8. The Morgan fingerprint density at radius 1 is 0.978 bits per heavy atom. The SMILES string of the molecule is CN(C)[C@H]1C(=O)C(C(N)=O)=C(O)[C@@]2(O)C(=O)C3=C(O)c4c(O)ccc(-c5ccc(CN6CCCC6)c6ccccc56)c4C[C@H]3C[C@@H]12. The van der Waals surface area contributed by atoms with Gasteiger partial charge >= 0.3 is 0 Å². The number of ketones is 2. The number of nitrogens with zero attached hydrogens (tertiary/aromatic N) is 2. The molecule has 0 radical (unpaired) electrons. The Kier molecular flexibility index (Phi) is 7.08. The predicted octanol–water partition coefficient (Wildman–Crippen LogP) is 3.38. The Morgan fingerprint density at radius 3 is 2.33 bits per heavy atom. The summed E-state index contributed by atoms with van der Waals surface area (Å²) in [5.41, 5.74) is 5.42. The van der Waals surface area contributed by atoms with E-state index < -0.39 is 58.0 Å². The maximum Gasteiger partial charge on any atom is 0.255 e. The third-order valence-corrected chi connectivity index (χ3v) is 10.5. The van der Waals surface area contributed by atoms with E-state index in [9.17, 15) is 34.8 Å². The molecule has 1 saturated heterocycles. The second-order valence-corrected chi connectivity index (χ2v) is 13.2. The van der Waals surface area contributed by atoms with Gasteiger partial charge in [0.2, 0.25) is 5.78 Å². The molecule has 1 saturated carbocycles. The van der Waals surface area contributed by atoms with Gasteiger partial charge in [-0.1, -0.05) is 42.5 Å². The molecular formula is C36H37N3O7. The number of benzene rings is 3. The summed E-state index contributed by atoms with van der Waals surface area (Å²) in [6, 6.07) is 14.5. The van der Waals surface area contributed by atoms with Gasteiger partial charge in [0.15, 0.2) is 11.4 Å². The van der Waals surface area contributed by atoms with E-state index in [2.05, 4.69) is 29.2 Å². The van der Waals surface area contributed by atoms with Crippen LogP contribution < -0.4 is 5.73 Å². The standard InChI is InChI=1S/C36H37N3O7/c1-38(2)30-25-16-19-15-24-23(22-10-9-18(17-39-13-5-6-14-39)20-7-3-4-8-21(20)22)11-12-26(40)28(24)31(41)27(19)33(43)36(25,46)34(44)29(32(30)42)35(37)45/h3-4,7-12,19,25,30,40-41,44,46H,5-6,13-17H2,1-2H3,(H2,37,45)/t19-,25-,30+,36-/m0/s1. The van der Waals surface area contributed by atoms with Crippen molar-refractivity contribution in [3.05, 3.63) is 82.1 Å². The van der Waals surface area contributed by atoms with Gasteiger partial charge in [0.05, 0.1) is 11.6 Å². The number of Topliss-reactive ketones (excluding diaryl/α,β-unsaturated/α-hetero) is 2. The molecule has 3 aromatic carbocycles. The van der Waals surface area contributed by atoms with Crippen molar-refractivity contribution in [1.29, 1.82) is 0 Å². The number of likely N-dealkylation sites (tertiary alicyclic amines) is 1. The molecule has 4 atom stereocenters. The van der Waals surface area contributed by atoms with Crippen LogP contribution in [0.3, 0.4) is 0 Å². The topological polar surface area (TPSA) is 165 Å². The Hall–Kier alpha value is -4.51. The summed E-state index contributed by atoms with van der Waals surface area (Å²) in [6.45, 7) is 2.99. The number of nitrogens with two attached hydrogens (primary N) is 1. The van der Waals surface area contributed by atoms with Crippen molar-refractivity contribution < 1.29 is 34.8 Å². The summed E-state index contributed by atoms with van der Waals surface area (Å²) in [4.78, 5) is 43.8.